The molecule has 0 spiro atoms. The second-order valence-electron chi connectivity index (χ2n) is 14.4. The van der Waals surface area contributed by atoms with Crippen molar-refractivity contribution in [2.75, 3.05) is 19.6 Å². The molecule has 1 amide bonds. The lowest BCUT2D eigenvalue weighted by molar-refractivity contribution is -0.276. The summed E-state index contributed by atoms with van der Waals surface area (Å²) in [5.74, 6) is -0.113. The average molecular weight is 724 g/mol. The Morgan fingerprint density at radius 1 is 0.870 bits per heavy atom. The number of hydrogen-bond donors (Lipinski definition) is 3. The zero-order valence-electron chi connectivity index (χ0n) is 30.3. The molecule has 2 aliphatic heterocycles. The minimum Gasteiger partial charge on any atom is -0.392 e. The van der Waals surface area contributed by atoms with Crippen molar-refractivity contribution in [2.24, 2.45) is 5.92 Å². The fourth-order valence-electron chi connectivity index (χ4n) is 7.89. The van der Waals surface area contributed by atoms with Gasteiger partial charge >= 0.3 is 5.69 Å². The van der Waals surface area contributed by atoms with E-state index in [0.717, 1.165) is 76.9 Å². The van der Waals surface area contributed by atoms with E-state index < -0.39 is 6.29 Å². The van der Waals surface area contributed by atoms with Crippen molar-refractivity contribution in [1.82, 2.24) is 24.8 Å². The average Bonchev–Trinajstić information content (AvgIpc) is 3.57. The summed E-state index contributed by atoms with van der Waals surface area (Å²) in [7, 11) is 0. The van der Waals surface area contributed by atoms with Gasteiger partial charge in [-0.05, 0) is 77.1 Å². The number of para-hydroxylation sites is 2. The van der Waals surface area contributed by atoms with E-state index in [9.17, 15) is 14.7 Å². The monoisotopic (exact) mass is 723 g/mol. The Labute approximate surface area is 314 Å². The highest BCUT2D eigenvalue weighted by Gasteiger charge is 2.40. The second-order valence-corrected chi connectivity index (χ2v) is 14.4. The standard InChI is InChI=1S/C44H45N5O5/c1-29-40(27-48-21-18-37(19-22-48)49-39-13-3-2-12-38(39)47-44(49)52)53-43(54-41(29)32-16-14-30(28-50)15-17-32)35-10-5-9-34(24-35)33-8-4-7-31(23-33)25-46-42(51)36-11-6-20-45-26-36/h2-17,20,23-24,26,29,37,40-41,43,50H,18-19,21-22,25,27-28H2,1H3,(H,46,51)(H,47,52)/t29-,40+,41+,43+/m1/s1. The molecule has 0 unspecified atom stereocenters. The number of carbonyl (C=O) groups is 1. The number of aromatic nitrogens is 3. The lowest BCUT2D eigenvalue weighted by Crippen LogP contribution is -2.47. The molecule has 10 nitrogen and oxygen atoms in total. The normalized spacial score (nSPS) is 20.9. The fourth-order valence-corrected chi connectivity index (χ4v) is 7.89. The first-order valence-electron chi connectivity index (χ1n) is 18.7. The van der Waals surface area contributed by atoms with Gasteiger partial charge in [-0.3, -0.25) is 14.3 Å². The fraction of sp³-hybridized carbons (Fsp3) is 0.295. The summed E-state index contributed by atoms with van der Waals surface area (Å²) in [4.78, 5) is 35.1. The molecule has 2 saturated heterocycles. The van der Waals surface area contributed by atoms with Crippen molar-refractivity contribution >= 4 is 16.9 Å². The van der Waals surface area contributed by atoms with E-state index in [1.54, 1.807) is 24.5 Å². The largest absolute Gasteiger partial charge is 0.392 e. The molecule has 4 aromatic carbocycles. The minimum atomic E-state index is -0.599. The molecule has 0 radical (unpaired) electrons. The SMILES string of the molecule is C[C@@H]1[C@H](CN2CCC(n3c(=O)[nH]c4ccccc43)CC2)O[C@H](c2cccc(-c3cccc(CNC(=O)c4cccnc4)c3)c2)O[C@@H]1c1ccc(CO)cc1. The molecule has 2 aromatic heterocycles. The van der Waals surface area contributed by atoms with Crippen molar-refractivity contribution in [3.8, 4) is 11.1 Å². The summed E-state index contributed by atoms with van der Waals surface area (Å²) < 4.78 is 15.6. The van der Waals surface area contributed by atoms with Crippen LogP contribution in [0.1, 0.15) is 70.8 Å². The Bertz CT molecular complexity index is 2260. The van der Waals surface area contributed by atoms with Crippen molar-refractivity contribution in [3.63, 3.8) is 0 Å². The van der Waals surface area contributed by atoms with E-state index in [0.29, 0.717) is 12.1 Å². The van der Waals surface area contributed by atoms with Crippen LogP contribution >= 0.6 is 0 Å². The summed E-state index contributed by atoms with van der Waals surface area (Å²) in [6, 6.07) is 36.0. The highest BCUT2D eigenvalue weighted by Crippen LogP contribution is 2.43. The van der Waals surface area contributed by atoms with Crippen molar-refractivity contribution in [2.45, 2.75) is 57.5 Å². The maximum atomic E-state index is 12.9. The highest BCUT2D eigenvalue weighted by molar-refractivity contribution is 5.93. The number of nitrogens with zero attached hydrogens (tertiary/aromatic N) is 3. The first kappa shape index (κ1) is 35.6. The van der Waals surface area contributed by atoms with Gasteiger partial charge in [0.1, 0.15) is 0 Å². The molecule has 4 atom stereocenters. The Morgan fingerprint density at radius 2 is 1.65 bits per heavy atom. The Balaban J connectivity index is 0.998. The van der Waals surface area contributed by atoms with Gasteiger partial charge in [0.2, 0.25) is 0 Å². The lowest BCUT2D eigenvalue weighted by Gasteiger charge is -2.44. The third-order valence-corrected chi connectivity index (χ3v) is 10.9. The zero-order valence-corrected chi connectivity index (χ0v) is 30.3. The van der Waals surface area contributed by atoms with E-state index in [1.165, 1.54) is 0 Å². The van der Waals surface area contributed by atoms with Crippen LogP contribution in [-0.4, -0.2) is 56.2 Å². The number of aliphatic hydroxyl groups is 1. The molecule has 276 valence electrons. The molecule has 0 saturated carbocycles. The number of aliphatic hydroxyl groups excluding tert-OH is 1. The van der Waals surface area contributed by atoms with Crippen LogP contribution in [0.2, 0.25) is 0 Å². The van der Waals surface area contributed by atoms with Gasteiger partial charge < -0.3 is 29.8 Å². The molecule has 2 aliphatic rings. The van der Waals surface area contributed by atoms with Crippen LogP contribution in [0, 0.1) is 5.92 Å². The number of amides is 1. The maximum absolute atomic E-state index is 12.9. The number of benzene rings is 4. The number of ether oxygens (including phenoxy) is 2. The van der Waals surface area contributed by atoms with E-state index in [4.69, 9.17) is 9.47 Å². The number of carbonyl (C=O) groups excluding carboxylic acids is 1. The third-order valence-electron chi connectivity index (χ3n) is 10.9. The van der Waals surface area contributed by atoms with Crippen molar-refractivity contribution in [1.29, 1.82) is 0 Å². The molecule has 0 aliphatic carbocycles. The number of rotatable bonds is 10. The number of pyridine rings is 1. The number of aromatic amines is 1. The number of piperidine rings is 1. The quantitative estimate of drug-likeness (QED) is 0.140. The molecular weight excluding hydrogens is 679 g/mol. The number of H-pyrrole nitrogens is 1. The zero-order chi connectivity index (χ0) is 37.0. The molecule has 4 heterocycles. The predicted molar refractivity (Wildman–Crippen MR) is 208 cm³/mol. The van der Waals surface area contributed by atoms with Crippen LogP contribution in [0.3, 0.4) is 0 Å². The van der Waals surface area contributed by atoms with Crippen molar-refractivity contribution in [3.05, 3.63) is 160 Å². The van der Waals surface area contributed by atoms with E-state index in [1.807, 2.05) is 71.3 Å². The van der Waals surface area contributed by atoms with Crippen LogP contribution < -0.4 is 11.0 Å². The second kappa shape index (κ2) is 15.9. The number of likely N-dealkylation sites (tertiary alicyclic amines) is 1. The number of hydrogen-bond acceptors (Lipinski definition) is 7. The topological polar surface area (TPSA) is 122 Å². The number of nitrogens with one attached hydrogen (secondary N) is 2. The molecular formula is C44H45N5O5. The van der Waals surface area contributed by atoms with Crippen LogP contribution in [0.15, 0.2) is 126 Å². The third kappa shape index (κ3) is 7.65. The summed E-state index contributed by atoms with van der Waals surface area (Å²) in [6.07, 6.45) is 4.03. The Kier molecular flexibility index (Phi) is 10.5. The molecule has 3 N–H and O–H groups in total. The van der Waals surface area contributed by atoms with Crippen LogP contribution in [0.4, 0.5) is 0 Å². The summed E-state index contributed by atoms with van der Waals surface area (Å²) in [5.41, 5.74) is 8.18. The van der Waals surface area contributed by atoms with Gasteiger partial charge in [-0.2, -0.15) is 0 Å². The van der Waals surface area contributed by atoms with Gasteiger partial charge in [0.05, 0.1) is 35.4 Å². The van der Waals surface area contributed by atoms with Gasteiger partial charge in [0.25, 0.3) is 5.91 Å². The Morgan fingerprint density at radius 3 is 2.43 bits per heavy atom. The van der Waals surface area contributed by atoms with E-state index in [2.05, 4.69) is 57.4 Å². The number of fused-ring (bicyclic) bond motifs is 1. The van der Waals surface area contributed by atoms with Crippen LogP contribution in [-0.2, 0) is 22.6 Å². The lowest BCUT2D eigenvalue weighted by atomic mass is 9.89. The highest BCUT2D eigenvalue weighted by atomic mass is 16.7. The van der Waals surface area contributed by atoms with Gasteiger partial charge in [0.15, 0.2) is 6.29 Å². The predicted octanol–water partition coefficient (Wildman–Crippen LogP) is 6.94. The van der Waals surface area contributed by atoms with Gasteiger partial charge in [-0.25, -0.2) is 4.79 Å². The summed E-state index contributed by atoms with van der Waals surface area (Å²) in [5, 5.41) is 12.7. The first-order valence-corrected chi connectivity index (χ1v) is 18.7. The van der Waals surface area contributed by atoms with E-state index >= 15 is 0 Å². The Hall–Kier alpha value is -5.39. The minimum absolute atomic E-state index is 0.0127. The van der Waals surface area contributed by atoms with Gasteiger partial charge in [-0.1, -0.05) is 79.7 Å². The maximum Gasteiger partial charge on any atom is 0.326 e. The summed E-state index contributed by atoms with van der Waals surface area (Å²) >= 11 is 0. The van der Waals surface area contributed by atoms with Crippen LogP contribution in [0.25, 0.3) is 22.2 Å². The summed E-state index contributed by atoms with van der Waals surface area (Å²) in [6.45, 7) is 5.04. The smallest absolute Gasteiger partial charge is 0.326 e. The number of imidazole rings is 1. The molecule has 8 rings (SSSR count). The van der Waals surface area contributed by atoms with Gasteiger partial charge in [-0.15, -0.1) is 0 Å². The molecule has 2 fully saturated rings. The van der Waals surface area contributed by atoms with Crippen LogP contribution in [0.5, 0.6) is 0 Å². The molecule has 10 heteroatoms. The molecule has 6 aromatic rings. The first-order chi connectivity index (χ1) is 26.4. The molecule has 54 heavy (non-hydrogen) atoms. The van der Waals surface area contributed by atoms with E-state index in [-0.39, 0.29) is 42.4 Å². The van der Waals surface area contributed by atoms with Crippen molar-refractivity contribution < 1.29 is 19.4 Å². The molecule has 0 bridgehead atoms. The van der Waals surface area contributed by atoms with Gasteiger partial charge in [0, 0.05) is 56.1 Å².